The maximum absolute atomic E-state index is 8.67. The van der Waals surface area contributed by atoms with Gasteiger partial charge in [0.15, 0.2) is 0 Å². The molecule has 0 rings (SSSR count). The topological polar surface area (TPSA) is 94.1 Å². The molecule has 0 bridgehead atoms. The molecule has 1 N–H and O–H groups in total. The lowest BCUT2D eigenvalue weighted by molar-refractivity contribution is -0.0702. The van der Waals surface area contributed by atoms with E-state index >= 15 is 0 Å². The molecular weight excluding hydrogens is 757 g/mol. The van der Waals surface area contributed by atoms with Crippen LogP contribution in [0.15, 0.2) is 24.3 Å². The molecule has 0 aliphatic carbocycles. The summed E-state index contributed by atoms with van der Waals surface area (Å²) in [5.74, 6) is 0. The summed E-state index contributed by atoms with van der Waals surface area (Å²) < 4.78 is 45.6. The third-order valence-electron chi connectivity index (χ3n) is 10.5. The molecule has 0 heterocycles. The number of aliphatic hydroxyl groups is 1. The molecule has 0 saturated carbocycles. The van der Waals surface area contributed by atoms with Crippen molar-refractivity contribution in [2.75, 3.05) is 106 Å². The Balaban J connectivity index is 4.02. The van der Waals surface area contributed by atoms with Crippen LogP contribution in [-0.2, 0) is 37.9 Å². The second kappa shape index (κ2) is 56.1. The monoisotopic (exact) mass is 857 g/mol. The average molecular weight is 857 g/mol. The van der Waals surface area contributed by atoms with Crippen LogP contribution in [-0.4, -0.2) is 117 Å². The molecule has 0 amide bonds. The van der Waals surface area contributed by atoms with Gasteiger partial charge in [0, 0.05) is 13.2 Å². The van der Waals surface area contributed by atoms with Crippen LogP contribution in [0.2, 0.25) is 0 Å². The van der Waals surface area contributed by atoms with Gasteiger partial charge >= 0.3 is 0 Å². The maximum Gasteiger partial charge on any atom is 0.104 e. The van der Waals surface area contributed by atoms with Crippen LogP contribution < -0.4 is 0 Å². The Hall–Kier alpha value is -0.880. The van der Waals surface area contributed by atoms with Crippen LogP contribution in [0, 0.1) is 0 Å². The van der Waals surface area contributed by atoms with Crippen molar-refractivity contribution < 1.29 is 43.0 Å². The summed E-state index contributed by atoms with van der Waals surface area (Å²) in [5.41, 5.74) is 0. The van der Waals surface area contributed by atoms with Crippen molar-refractivity contribution in [1.82, 2.24) is 0 Å². The smallest absolute Gasteiger partial charge is 0.104 e. The van der Waals surface area contributed by atoms with Gasteiger partial charge in [0.05, 0.1) is 92.5 Å². The van der Waals surface area contributed by atoms with Crippen molar-refractivity contribution in [3.8, 4) is 0 Å². The Morgan fingerprint density at radius 3 is 0.950 bits per heavy atom. The molecular formula is C51H100O9. The van der Waals surface area contributed by atoms with Gasteiger partial charge in [-0.3, -0.25) is 0 Å². The SMILES string of the molecule is CCCCCCCC/C=C\CCCCCCCCOCC(COCCOCCOCCOCCOCCOCCO)OCCCCCCCC/C=C\CCCCCCCC. The molecule has 0 aliphatic rings. The van der Waals surface area contributed by atoms with Crippen molar-refractivity contribution >= 4 is 0 Å². The van der Waals surface area contributed by atoms with Crippen molar-refractivity contribution in [2.24, 2.45) is 0 Å². The highest BCUT2D eigenvalue weighted by Crippen LogP contribution is 2.12. The summed E-state index contributed by atoms with van der Waals surface area (Å²) >= 11 is 0. The number of rotatable bonds is 54. The standard InChI is InChI=1S/C51H100O9/c1-3-5-7-9-11-13-15-17-19-21-23-25-27-29-31-33-36-58-49-51(60-37-34-32-30-28-26-24-22-20-18-16-14-12-10-8-6-4-2)50-59-48-47-57-46-45-56-44-43-55-42-41-54-40-39-53-38-35-52/h17-20,51-52H,3-16,21-50H2,1-2H3/b19-17-,20-18-. The molecule has 9 heteroatoms. The zero-order valence-corrected chi connectivity index (χ0v) is 39.7. The van der Waals surface area contributed by atoms with Crippen molar-refractivity contribution in [3.63, 3.8) is 0 Å². The second-order valence-electron chi connectivity index (χ2n) is 16.3. The summed E-state index contributed by atoms with van der Waals surface area (Å²) in [5, 5.41) is 8.67. The molecule has 1 atom stereocenters. The Kier molecular flexibility index (Phi) is 55.3. The third kappa shape index (κ3) is 53.3. The van der Waals surface area contributed by atoms with Gasteiger partial charge in [-0.1, -0.05) is 154 Å². The average Bonchev–Trinajstić information content (AvgIpc) is 3.26. The lowest BCUT2D eigenvalue weighted by Gasteiger charge is -2.18. The van der Waals surface area contributed by atoms with Gasteiger partial charge in [-0.15, -0.1) is 0 Å². The van der Waals surface area contributed by atoms with E-state index in [0.717, 1.165) is 26.1 Å². The molecule has 0 spiro atoms. The Bertz CT molecular complexity index is 811. The molecule has 0 saturated heterocycles. The minimum absolute atomic E-state index is 0.0326. The Labute approximate surface area is 371 Å². The molecule has 0 aliphatic heterocycles. The van der Waals surface area contributed by atoms with Crippen LogP contribution in [0.3, 0.4) is 0 Å². The van der Waals surface area contributed by atoms with Crippen LogP contribution in [0.4, 0.5) is 0 Å². The Morgan fingerprint density at radius 2 is 0.583 bits per heavy atom. The zero-order valence-electron chi connectivity index (χ0n) is 39.7. The fourth-order valence-corrected chi connectivity index (χ4v) is 6.79. The summed E-state index contributed by atoms with van der Waals surface area (Å²) in [7, 11) is 0. The van der Waals surface area contributed by atoms with Crippen LogP contribution >= 0.6 is 0 Å². The summed E-state index contributed by atoms with van der Waals surface area (Å²) in [6.07, 6.45) is 46.3. The lowest BCUT2D eigenvalue weighted by Crippen LogP contribution is -2.27. The maximum atomic E-state index is 8.67. The molecule has 0 aromatic carbocycles. The van der Waals surface area contributed by atoms with Crippen LogP contribution in [0.25, 0.3) is 0 Å². The largest absolute Gasteiger partial charge is 0.394 e. The van der Waals surface area contributed by atoms with E-state index in [9.17, 15) is 0 Å². The third-order valence-corrected chi connectivity index (χ3v) is 10.5. The van der Waals surface area contributed by atoms with Gasteiger partial charge in [-0.05, 0) is 64.2 Å². The number of ether oxygens (including phenoxy) is 8. The quantitative estimate of drug-likeness (QED) is 0.0474. The van der Waals surface area contributed by atoms with E-state index in [2.05, 4.69) is 38.2 Å². The van der Waals surface area contributed by atoms with E-state index in [-0.39, 0.29) is 12.7 Å². The first-order valence-corrected chi connectivity index (χ1v) is 25.4. The molecule has 0 aromatic rings. The number of hydrogen-bond acceptors (Lipinski definition) is 9. The van der Waals surface area contributed by atoms with E-state index in [0.29, 0.717) is 85.9 Å². The number of aliphatic hydroxyl groups excluding tert-OH is 1. The van der Waals surface area contributed by atoms with Gasteiger partial charge in [0.2, 0.25) is 0 Å². The summed E-state index contributed by atoms with van der Waals surface area (Å²) in [6.45, 7) is 12.7. The van der Waals surface area contributed by atoms with Gasteiger partial charge in [0.1, 0.15) is 6.10 Å². The molecule has 0 aromatic heterocycles. The first-order valence-electron chi connectivity index (χ1n) is 25.4. The van der Waals surface area contributed by atoms with Crippen molar-refractivity contribution in [3.05, 3.63) is 24.3 Å². The second-order valence-corrected chi connectivity index (χ2v) is 16.3. The van der Waals surface area contributed by atoms with E-state index in [1.54, 1.807) is 0 Å². The molecule has 358 valence electrons. The van der Waals surface area contributed by atoms with E-state index in [4.69, 9.17) is 43.0 Å². The lowest BCUT2D eigenvalue weighted by atomic mass is 10.1. The van der Waals surface area contributed by atoms with Gasteiger partial charge < -0.3 is 43.0 Å². The van der Waals surface area contributed by atoms with E-state index in [1.165, 1.54) is 167 Å². The predicted octanol–water partition coefficient (Wildman–Crippen LogP) is 12.6. The first kappa shape index (κ1) is 59.1. The highest BCUT2D eigenvalue weighted by atomic mass is 16.6. The molecule has 9 nitrogen and oxygen atoms in total. The normalized spacial score (nSPS) is 12.5. The fraction of sp³-hybridized carbons (Fsp3) is 0.922. The van der Waals surface area contributed by atoms with Crippen molar-refractivity contribution in [2.45, 2.75) is 200 Å². The van der Waals surface area contributed by atoms with Crippen LogP contribution in [0.5, 0.6) is 0 Å². The molecule has 1 unspecified atom stereocenters. The van der Waals surface area contributed by atoms with Crippen molar-refractivity contribution in [1.29, 1.82) is 0 Å². The van der Waals surface area contributed by atoms with Gasteiger partial charge in [0.25, 0.3) is 0 Å². The van der Waals surface area contributed by atoms with Crippen LogP contribution in [0.1, 0.15) is 194 Å². The number of hydrogen-bond donors (Lipinski definition) is 1. The molecule has 0 fully saturated rings. The van der Waals surface area contributed by atoms with E-state index < -0.39 is 0 Å². The minimum Gasteiger partial charge on any atom is -0.394 e. The molecule has 60 heavy (non-hydrogen) atoms. The predicted molar refractivity (Wildman–Crippen MR) is 251 cm³/mol. The number of unbranched alkanes of at least 4 members (excludes halogenated alkanes) is 24. The minimum atomic E-state index is -0.0458. The molecule has 0 radical (unpaired) electrons. The highest BCUT2D eigenvalue weighted by Gasteiger charge is 2.10. The zero-order chi connectivity index (χ0) is 43.2. The first-order chi connectivity index (χ1) is 29.8. The summed E-state index contributed by atoms with van der Waals surface area (Å²) in [4.78, 5) is 0. The fourth-order valence-electron chi connectivity index (χ4n) is 6.79. The van der Waals surface area contributed by atoms with E-state index in [1.807, 2.05) is 0 Å². The summed E-state index contributed by atoms with van der Waals surface area (Å²) in [6, 6.07) is 0. The highest BCUT2D eigenvalue weighted by molar-refractivity contribution is 4.82. The number of allylic oxidation sites excluding steroid dienone is 4. The van der Waals surface area contributed by atoms with Gasteiger partial charge in [-0.25, -0.2) is 0 Å². The van der Waals surface area contributed by atoms with Gasteiger partial charge in [-0.2, -0.15) is 0 Å². The Morgan fingerprint density at radius 1 is 0.300 bits per heavy atom.